The molecule has 17 heavy (non-hydrogen) atoms. The van der Waals surface area contributed by atoms with Crippen molar-refractivity contribution >= 4 is 43.8 Å². The molecule has 0 bridgehead atoms. The summed E-state index contributed by atoms with van der Waals surface area (Å²) in [6, 6.07) is 5.58. The number of fused-ring (bicyclic) bond motifs is 1. The number of hydrogen-bond acceptors (Lipinski definition) is 2. The standard InChI is InChI=1S/C13H14AsClOS/c1-8-11(7-14(2)3)13(16)10-6-9(15)4-5-12(10)17-8/h4-8H,1-3H3/t8-/m1/s1. The minimum atomic E-state index is -0.940. The number of Topliss-reactive ketones (excluding diaryl/α,β-unsaturated/α-hetero) is 1. The Bertz CT molecular complexity index is 496. The van der Waals surface area contributed by atoms with Crippen molar-refractivity contribution in [2.75, 3.05) is 0 Å². The summed E-state index contributed by atoms with van der Waals surface area (Å²) in [5.74, 6) is 0.164. The number of rotatable bonds is 1. The third-order valence-electron chi connectivity index (χ3n) is 2.59. The molecule has 1 aromatic carbocycles. The first-order valence-corrected chi connectivity index (χ1v) is 11.5. The second-order valence-electron chi connectivity index (χ2n) is 4.28. The molecule has 90 valence electrons. The number of carbonyl (C=O) groups is 1. The van der Waals surface area contributed by atoms with Crippen LogP contribution in [0.1, 0.15) is 17.3 Å². The van der Waals surface area contributed by atoms with E-state index in [2.05, 4.69) is 23.2 Å². The maximum atomic E-state index is 12.4. The van der Waals surface area contributed by atoms with Gasteiger partial charge in [0, 0.05) is 0 Å². The van der Waals surface area contributed by atoms with Gasteiger partial charge in [-0.25, -0.2) is 0 Å². The first-order valence-electron chi connectivity index (χ1n) is 5.38. The van der Waals surface area contributed by atoms with Gasteiger partial charge in [-0.05, 0) is 0 Å². The fraction of sp³-hybridized carbons (Fsp3) is 0.308. The van der Waals surface area contributed by atoms with E-state index in [1.807, 2.05) is 12.1 Å². The zero-order valence-corrected chi connectivity index (χ0v) is 13.5. The summed E-state index contributed by atoms with van der Waals surface area (Å²) >= 11 is 6.77. The quantitative estimate of drug-likeness (QED) is 0.566. The Balaban J connectivity index is 2.49. The number of ketones is 1. The molecule has 0 saturated heterocycles. The van der Waals surface area contributed by atoms with Crippen LogP contribution in [0.5, 0.6) is 0 Å². The van der Waals surface area contributed by atoms with Crippen molar-refractivity contribution in [2.24, 2.45) is 0 Å². The van der Waals surface area contributed by atoms with Gasteiger partial charge in [0.05, 0.1) is 0 Å². The molecule has 0 unspecified atom stereocenters. The van der Waals surface area contributed by atoms with Gasteiger partial charge in [0.2, 0.25) is 0 Å². The molecule has 1 heterocycles. The normalized spacial score (nSPS) is 22.1. The van der Waals surface area contributed by atoms with Crippen molar-refractivity contribution in [3.8, 4) is 0 Å². The fourth-order valence-corrected chi connectivity index (χ4v) is 5.20. The van der Waals surface area contributed by atoms with Gasteiger partial charge in [-0.15, -0.1) is 0 Å². The summed E-state index contributed by atoms with van der Waals surface area (Å²) in [6.07, 6.45) is 0. The van der Waals surface area contributed by atoms with E-state index in [0.717, 1.165) is 16.0 Å². The van der Waals surface area contributed by atoms with E-state index in [9.17, 15) is 4.79 Å². The van der Waals surface area contributed by atoms with Crippen LogP contribution in [0.3, 0.4) is 0 Å². The molecule has 1 aromatic rings. The molecule has 0 aromatic heterocycles. The second-order valence-corrected chi connectivity index (χ2v) is 10.7. The summed E-state index contributed by atoms with van der Waals surface area (Å²) in [4.78, 5) is 15.7. The van der Waals surface area contributed by atoms with Crippen LogP contribution in [0.25, 0.3) is 0 Å². The van der Waals surface area contributed by atoms with E-state index in [4.69, 9.17) is 11.6 Å². The Morgan fingerprint density at radius 3 is 2.76 bits per heavy atom. The zero-order valence-electron chi connectivity index (χ0n) is 10.0. The minimum absolute atomic E-state index is 0.164. The Hall–Kier alpha value is -0.172. The van der Waals surface area contributed by atoms with Crippen LogP contribution >= 0.6 is 23.4 Å². The molecule has 0 fully saturated rings. The predicted octanol–water partition coefficient (Wildman–Crippen LogP) is 4.24. The van der Waals surface area contributed by atoms with Crippen molar-refractivity contribution in [1.29, 1.82) is 0 Å². The van der Waals surface area contributed by atoms with Crippen LogP contribution < -0.4 is 0 Å². The molecule has 0 aliphatic carbocycles. The summed E-state index contributed by atoms with van der Waals surface area (Å²) in [5, 5.41) is 0.891. The number of carbonyl (C=O) groups excluding carboxylic acids is 1. The molecular formula is C13H14AsClOS. The predicted molar refractivity (Wildman–Crippen MR) is 76.7 cm³/mol. The van der Waals surface area contributed by atoms with Crippen LogP contribution in [0.15, 0.2) is 33.5 Å². The number of hydrogen-bond donors (Lipinski definition) is 0. The van der Waals surface area contributed by atoms with Gasteiger partial charge in [-0.2, -0.15) is 0 Å². The summed E-state index contributed by atoms with van der Waals surface area (Å²) in [6.45, 7) is 2.10. The third kappa shape index (κ3) is 2.81. The van der Waals surface area contributed by atoms with Gasteiger partial charge in [0.25, 0.3) is 0 Å². The molecule has 1 aliphatic rings. The van der Waals surface area contributed by atoms with E-state index >= 15 is 0 Å². The van der Waals surface area contributed by atoms with Gasteiger partial charge >= 0.3 is 116 Å². The van der Waals surface area contributed by atoms with Crippen molar-refractivity contribution in [3.05, 3.63) is 39.2 Å². The average molecular weight is 329 g/mol. The van der Waals surface area contributed by atoms with Crippen LogP contribution in [0, 0.1) is 0 Å². The monoisotopic (exact) mass is 328 g/mol. The van der Waals surface area contributed by atoms with Crippen molar-refractivity contribution in [3.63, 3.8) is 0 Å². The maximum absolute atomic E-state index is 12.4. The fourth-order valence-electron chi connectivity index (χ4n) is 1.82. The van der Waals surface area contributed by atoms with E-state index < -0.39 is 14.7 Å². The van der Waals surface area contributed by atoms with E-state index in [-0.39, 0.29) is 11.0 Å². The number of halogens is 1. The van der Waals surface area contributed by atoms with Crippen LogP contribution in [0.2, 0.25) is 16.4 Å². The SMILES string of the molecule is C[C@H]1Sc2ccc(Cl)cc2C(=O)C1=C[As](C)C. The molecule has 2 rings (SSSR count). The molecule has 0 N–H and O–H groups in total. The van der Waals surface area contributed by atoms with E-state index in [1.165, 1.54) is 0 Å². The molecule has 1 aliphatic heterocycles. The van der Waals surface area contributed by atoms with Gasteiger partial charge in [-0.3, -0.25) is 0 Å². The molecule has 1 nitrogen and oxygen atoms in total. The van der Waals surface area contributed by atoms with Gasteiger partial charge < -0.3 is 0 Å². The summed E-state index contributed by atoms with van der Waals surface area (Å²) in [7, 11) is 0. The summed E-state index contributed by atoms with van der Waals surface area (Å²) < 4.78 is 0. The Kier molecular flexibility index (Phi) is 4.07. The number of thioether (sulfide) groups is 1. The molecule has 4 heteroatoms. The molecule has 0 spiro atoms. The first kappa shape index (κ1) is 13.3. The molecule has 1 atom stereocenters. The van der Waals surface area contributed by atoms with Crippen LogP contribution in [-0.4, -0.2) is 25.7 Å². The zero-order chi connectivity index (χ0) is 12.6. The van der Waals surface area contributed by atoms with Gasteiger partial charge in [0.15, 0.2) is 0 Å². The van der Waals surface area contributed by atoms with E-state index in [0.29, 0.717) is 5.02 Å². The topological polar surface area (TPSA) is 17.1 Å². The van der Waals surface area contributed by atoms with E-state index in [1.54, 1.807) is 17.8 Å². The third-order valence-corrected chi connectivity index (χ3v) is 5.71. The molecule has 0 radical (unpaired) electrons. The molecule has 0 saturated carbocycles. The average Bonchev–Trinajstić information content (AvgIpc) is 2.25. The van der Waals surface area contributed by atoms with Gasteiger partial charge in [-0.1, -0.05) is 0 Å². The van der Waals surface area contributed by atoms with Crippen molar-refractivity contribution in [2.45, 2.75) is 28.5 Å². The van der Waals surface area contributed by atoms with Crippen LogP contribution in [-0.2, 0) is 0 Å². The Morgan fingerprint density at radius 1 is 1.41 bits per heavy atom. The molecule has 0 amide bonds. The van der Waals surface area contributed by atoms with Crippen molar-refractivity contribution in [1.82, 2.24) is 0 Å². The second kappa shape index (κ2) is 5.22. The first-order chi connectivity index (χ1) is 7.99. The van der Waals surface area contributed by atoms with Crippen molar-refractivity contribution < 1.29 is 4.79 Å². The Labute approximate surface area is 116 Å². The van der Waals surface area contributed by atoms with Gasteiger partial charge in [0.1, 0.15) is 0 Å². The molecular weight excluding hydrogens is 315 g/mol. The summed E-state index contributed by atoms with van der Waals surface area (Å²) in [5.41, 5.74) is 6.20. The van der Waals surface area contributed by atoms with Crippen LogP contribution in [0.4, 0.5) is 0 Å². The number of benzene rings is 1. The Morgan fingerprint density at radius 2 is 2.12 bits per heavy atom.